The van der Waals surface area contributed by atoms with E-state index in [4.69, 9.17) is 13.8 Å². The molecule has 2 aromatic heterocycles. The maximum atomic E-state index is 6.48. The Morgan fingerprint density at radius 1 is 0.468 bits per heavy atom. The molecule has 9 aromatic rings. The molecule has 0 aliphatic heterocycles. The average Bonchev–Trinajstić information content (AvgIpc) is 3.82. The zero-order valence-electron chi connectivity index (χ0n) is 25.2. The molecule has 1 aliphatic rings. The number of aromatic nitrogens is 1. The second kappa shape index (κ2) is 10.1. The van der Waals surface area contributed by atoms with Crippen LogP contribution in [0.4, 0.5) is 17.1 Å². The molecule has 0 saturated heterocycles. The van der Waals surface area contributed by atoms with Crippen LogP contribution in [0.1, 0.15) is 0 Å². The van der Waals surface area contributed by atoms with Gasteiger partial charge in [0.05, 0.1) is 11.1 Å². The average molecular weight is 603 g/mol. The van der Waals surface area contributed by atoms with Crippen LogP contribution in [0.2, 0.25) is 0 Å². The summed E-state index contributed by atoms with van der Waals surface area (Å²) in [6.07, 6.45) is 0. The van der Waals surface area contributed by atoms with Gasteiger partial charge in [0, 0.05) is 38.8 Å². The lowest BCUT2D eigenvalue weighted by Gasteiger charge is -2.27. The Bertz CT molecular complexity index is 2630. The van der Waals surface area contributed by atoms with Crippen LogP contribution in [0.25, 0.3) is 77.9 Å². The molecular weight excluding hydrogens is 576 g/mol. The lowest BCUT2D eigenvalue weighted by atomic mass is 10.0. The summed E-state index contributed by atoms with van der Waals surface area (Å²) < 4.78 is 12.9. The minimum atomic E-state index is 0.630. The Kier molecular flexibility index (Phi) is 5.54. The number of oxazole rings is 1. The third kappa shape index (κ3) is 3.98. The zero-order valence-corrected chi connectivity index (χ0v) is 25.2. The molecule has 0 amide bonds. The van der Waals surface area contributed by atoms with Crippen LogP contribution in [0.5, 0.6) is 0 Å². The minimum absolute atomic E-state index is 0.630. The first-order valence-electron chi connectivity index (χ1n) is 15.8. The van der Waals surface area contributed by atoms with Crippen molar-refractivity contribution in [1.82, 2.24) is 4.98 Å². The van der Waals surface area contributed by atoms with Gasteiger partial charge in [-0.3, -0.25) is 0 Å². The Morgan fingerprint density at radius 3 is 2.06 bits per heavy atom. The van der Waals surface area contributed by atoms with Gasteiger partial charge in [-0.25, -0.2) is 4.98 Å². The summed E-state index contributed by atoms with van der Waals surface area (Å²) in [5.74, 6) is 1.45. The first-order chi connectivity index (χ1) is 23.3. The molecule has 220 valence electrons. The molecule has 0 saturated carbocycles. The van der Waals surface area contributed by atoms with Crippen molar-refractivity contribution < 1.29 is 8.83 Å². The highest BCUT2D eigenvalue weighted by atomic mass is 16.4. The number of rotatable bonds is 5. The third-order valence-electron chi connectivity index (χ3n) is 9.20. The molecule has 0 unspecified atom stereocenters. The van der Waals surface area contributed by atoms with Gasteiger partial charge >= 0.3 is 0 Å². The number of hydrogen-bond donors (Lipinski definition) is 0. The van der Waals surface area contributed by atoms with Gasteiger partial charge in [0.2, 0.25) is 5.89 Å². The minimum Gasteiger partial charge on any atom is -0.456 e. The zero-order chi connectivity index (χ0) is 30.9. The predicted molar refractivity (Wildman–Crippen MR) is 191 cm³/mol. The number of hydrogen-bond acceptors (Lipinski definition) is 4. The smallest absolute Gasteiger partial charge is 0.227 e. The molecule has 1 aliphatic carbocycles. The van der Waals surface area contributed by atoms with Crippen molar-refractivity contribution in [1.29, 1.82) is 0 Å². The maximum Gasteiger partial charge on any atom is 0.227 e. The summed E-state index contributed by atoms with van der Waals surface area (Å²) in [5, 5.41) is 4.47. The molecule has 0 N–H and O–H groups in total. The van der Waals surface area contributed by atoms with Crippen molar-refractivity contribution in [3.8, 4) is 45.2 Å². The van der Waals surface area contributed by atoms with Gasteiger partial charge in [0.1, 0.15) is 16.9 Å². The van der Waals surface area contributed by atoms with Crippen LogP contribution in [-0.4, -0.2) is 4.98 Å². The van der Waals surface area contributed by atoms with Crippen molar-refractivity contribution in [3.05, 3.63) is 158 Å². The molecule has 7 aromatic carbocycles. The molecule has 10 rings (SSSR count). The van der Waals surface area contributed by atoms with Crippen molar-refractivity contribution in [2.75, 3.05) is 4.90 Å². The maximum absolute atomic E-state index is 6.48. The quantitative estimate of drug-likeness (QED) is 0.197. The first-order valence-corrected chi connectivity index (χ1v) is 15.8. The van der Waals surface area contributed by atoms with E-state index in [1.165, 1.54) is 10.9 Å². The molecule has 0 bridgehead atoms. The number of furan rings is 1. The van der Waals surface area contributed by atoms with Crippen LogP contribution < -0.4 is 4.90 Å². The molecule has 0 radical (unpaired) electrons. The summed E-state index contributed by atoms with van der Waals surface area (Å²) in [7, 11) is 0. The SMILES string of the molecule is c1ccc(-c2cccc(N(c3cc4c5c(cccc5c3)-c3oc(-c5ccccc5)nc3-4)c3cccc4oc5ccccc5c34)c2)cc1. The Labute approximate surface area is 270 Å². The van der Waals surface area contributed by atoms with E-state index in [2.05, 4.69) is 120 Å². The van der Waals surface area contributed by atoms with Crippen molar-refractivity contribution in [2.45, 2.75) is 0 Å². The highest BCUT2D eigenvalue weighted by Gasteiger charge is 2.30. The fourth-order valence-electron chi connectivity index (χ4n) is 7.13. The van der Waals surface area contributed by atoms with Crippen LogP contribution in [-0.2, 0) is 0 Å². The van der Waals surface area contributed by atoms with E-state index in [1.54, 1.807) is 0 Å². The second-order valence-corrected chi connectivity index (χ2v) is 12.0. The highest BCUT2D eigenvalue weighted by molar-refractivity contribution is 6.17. The normalized spacial score (nSPS) is 11.8. The molecule has 4 heteroatoms. The molecule has 0 atom stereocenters. The van der Waals surface area contributed by atoms with Gasteiger partial charge in [-0.2, -0.15) is 0 Å². The van der Waals surface area contributed by atoms with E-state index < -0.39 is 0 Å². The largest absolute Gasteiger partial charge is 0.456 e. The lowest BCUT2D eigenvalue weighted by Crippen LogP contribution is -2.10. The number of nitrogens with zero attached hydrogens (tertiary/aromatic N) is 2. The van der Waals surface area contributed by atoms with Gasteiger partial charge in [0.15, 0.2) is 5.76 Å². The third-order valence-corrected chi connectivity index (χ3v) is 9.20. The van der Waals surface area contributed by atoms with Gasteiger partial charge < -0.3 is 13.7 Å². The van der Waals surface area contributed by atoms with E-state index in [0.29, 0.717) is 5.89 Å². The van der Waals surface area contributed by atoms with Crippen molar-refractivity contribution >= 4 is 49.8 Å². The number of para-hydroxylation sites is 1. The monoisotopic (exact) mass is 602 g/mol. The summed E-state index contributed by atoms with van der Waals surface area (Å²) in [6, 6.07) is 55.0. The van der Waals surface area contributed by atoms with E-state index in [0.717, 1.165) is 78.1 Å². The second-order valence-electron chi connectivity index (χ2n) is 12.0. The first kappa shape index (κ1) is 25.9. The van der Waals surface area contributed by atoms with Crippen LogP contribution in [0, 0.1) is 0 Å². The molecule has 0 fully saturated rings. The van der Waals surface area contributed by atoms with Crippen LogP contribution >= 0.6 is 0 Å². The molecule has 2 heterocycles. The summed E-state index contributed by atoms with van der Waals surface area (Å²) in [4.78, 5) is 7.44. The fraction of sp³-hybridized carbons (Fsp3) is 0. The summed E-state index contributed by atoms with van der Waals surface area (Å²) in [6.45, 7) is 0. The van der Waals surface area contributed by atoms with Gasteiger partial charge in [0.25, 0.3) is 0 Å². The molecule has 47 heavy (non-hydrogen) atoms. The predicted octanol–water partition coefficient (Wildman–Crippen LogP) is 12.2. The Morgan fingerprint density at radius 2 is 1.19 bits per heavy atom. The molecule has 4 nitrogen and oxygen atoms in total. The fourth-order valence-corrected chi connectivity index (χ4v) is 7.13. The molecular formula is C43H26N2O2. The standard InChI is InChI=1S/C43H26N2O2/c1-3-12-27(13-4-1)29-16-9-18-31(24-29)45(36-21-11-23-38-40(36)33-19-7-8-22-37(33)46-38)32-25-30-17-10-20-34-39(30)35(26-32)41-42(34)47-43(44-41)28-14-5-2-6-15-28/h1-26H. The van der Waals surface area contributed by atoms with E-state index >= 15 is 0 Å². The van der Waals surface area contributed by atoms with Crippen molar-refractivity contribution in [2.24, 2.45) is 0 Å². The Hall–Kier alpha value is -6.39. The Balaban J connectivity index is 1.24. The van der Waals surface area contributed by atoms with E-state index in [9.17, 15) is 0 Å². The van der Waals surface area contributed by atoms with Crippen LogP contribution in [0.15, 0.2) is 167 Å². The van der Waals surface area contributed by atoms with Gasteiger partial charge in [-0.1, -0.05) is 103 Å². The van der Waals surface area contributed by atoms with Gasteiger partial charge in [-0.05, 0) is 71.1 Å². The lowest BCUT2D eigenvalue weighted by molar-refractivity contribution is 0.590. The number of benzene rings is 7. The van der Waals surface area contributed by atoms with E-state index in [1.807, 2.05) is 42.5 Å². The van der Waals surface area contributed by atoms with E-state index in [-0.39, 0.29) is 0 Å². The topological polar surface area (TPSA) is 42.4 Å². The highest BCUT2D eigenvalue weighted by Crippen LogP contribution is 2.52. The summed E-state index contributed by atoms with van der Waals surface area (Å²) >= 11 is 0. The number of anilines is 3. The molecule has 0 spiro atoms. The summed E-state index contributed by atoms with van der Waals surface area (Å²) in [5.41, 5.74) is 11.2. The van der Waals surface area contributed by atoms with Crippen LogP contribution in [0.3, 0.4) is 0 Å². The van der Waals surface area contributed by atoms with Gasteiger partial charge in [-0.15, -0.1) is 0 Å². The number of fused-ring (bicyclic) bond motifs is 6. The van der Waals surface area contributed by atoms with Crippen molar-refractivity contribution in [3.63, 3.8) is 0 Å².